The summed E-state index contributed by atoms with van der Waals surface area (Å²) < 4.78 is 5.38. The normalized spacial score (nSPS) is 12.4. The minimum atomic E-state index is -0.579. The monoisotopic (exact) mass is 287 g/mol. The lowest BCUT2D eigenvalue weighted by Gasteiger charge is -2.14. The molecule has 0 bridgehead atoms. The zero-order valence-electron chi connectivity index (χ0n) is 12.4. The molecule has 0 aliphatic carbocycles. The van der Waals surface area contributed by atoms with Crippen molar-refractivity contribution in [2.24, 2.45) is 0 Å². The minimum absolute atomic E-state index is 0.171. The maximum Gasteiger partial charge on any atom is 0.316 e. The summed E-state index contributed by atoms with van der Waals surface area (Å²) in [5.41, 5.74) is 2.00. The molecule has 5 heteroatoms. The zero-order valence-corrected chi connectivity index (χ0v) is 12.4. The Balaban J connectivity index is 1.85. The Bertz CT molecular complexity index is 529. The molecule has 5 nitrogen and oxygen atoms in total. The van der Waals surface area contributed by atoms with Crippen LogP contribution in [0.25, 0.3) is 11.1 Å². The van der Waals surface area contributed by atoms with E-state index in [0.717, 1.165) is 11.1 Å². The summed E-state index contributed by atoms with van der Waals surface area (Å²) in [6.45, 7) is 4.71. The van der Waals surface area contributed by atoms with Crippen LogP contribution >= 0.6 is 0 Å². The van der Waals surface area contributed by atoms with Gasteiger partial charge in [0.25, 0.3) is 0 Å². The highest BCUT2D eigenvalue weighted by atomic mass is 16.5. The molecule has 1 unspecified atom stereocenters. The van der Waals surface area contributed by atoms with Gasteiger partial charge in [0, 0.05) is 30.5 Å². The molecule has 0 aliphatic rings. The van der Waals surface area contributed by atoms with Crippen molar-refractivity contribution in [2.75, 3.05) is 13.2 Å². The standard InChI is InChI=1S/C16H21N3O2/c1-12(2)17-10-15(20)11-21-16-18-8-14(9-19-16)13-6-4-3-5-7-13/h3-9,12,15,17,20H,10-11H2,1-2H3. The molecule has 2 rings (SSSR count). The van der Waals surface area contributed by atoms with Gasteiger partial charge >= 0.3 is 6.01 Å². The van der Waals surface area contributed by atoms with E-state index in [-0.39, 0.29) is 12.6 Å². The highest BCUT2D eigenvalue weighted by Gasteiger charge is 2.07. The number of nitrogens with zero attached hydrogens (tertiary/aromatic N) is 2. The Morgan fingerprint density at radius 2 is 1.76 bits per heavy atom. The number of nitrogens with one attached hydrogen (secondary N) is 1. The van der Waals surface area contributed by atoms with Gasteiger partial charge in [0.05, 0.1) is 0 Å². The van der Waals surface area contributed by atoms with Crippen molar-refractivity contribution >= 4 is 0 Å². The fourth-order valence-corrected chi connectivity index (χ4v) is 1.77. The second-order valence-electron chi connectivity index (χ2n) is 5.15. The lowest BCUT2D eigenvalue weighted by Crippen LogP contribution is -2.35. The Labute approximate surface area is 125 Å². The van der Waals surface area contributed by atoms with Crippen LogP contribution in [-0.4, -0.2) is 40.4 Å². The van der Waals surface area contributed by atoms with Gasteiger partial charge in [0.2, 0.25) is 0 Å². The average molecular weight is 287 g/mol. The van der Waals surface area contributed by atoms with E-state index in [2.05, 4.69) is 15.3 Å². The molecule has 0 aliphatic heterocycles. The Hall–Kier alpha value is -1.98. The van der Waals surface area contributed by atoms with E-state index in [1.165, 1.54) is 0 Å². The molecule has 0 saturated carbocycles. The highest BCUT2D eigenvalue weighted by Crippen LogP contribution is 2.17. The quantitative estimate of drug-likeness (QED) is 0.814. The third-order valence-electron chi connectivity index (χ3n) is 2.90. The van der Waals surface area contributed by atoms with Crippen molar-refractivity contribution in [3.8, 4) is 17.1 Å². The Kier molecular flexibility index (Phi) is 5.66. The van der Waals surface area contributed by atoms with Crippen molar-refractivity contribution in [3.05, 3.63) is 42.7 Å². The average Bonchev–Trinajstić information content (AvgIpc) is 2.52. The van der Waals surface area contributed by atoms with Gasteiger partial charge < -0.3 is 15.2 Å². The first-order chi connectivity index (χ1) is 10.1. The first-order valence-corrected chi connectivity index (χ1v) is 7.07. The highest BCUT2D eigenvalue weighted by molar-refractivity contribution is 5.61. The summed E-state index contributed by atoms with van der Waals surface area (Å²) in [4.78, 5) is 8.31. The first-order valence-electron chi connectivity index (χ1n) is 7.07. The van der Waals surface area contributed by atoms with Crippen LogP contribution in [0.1, 0.15) is 13.8 Å². The SMILES string of the molecule is CC(C)NCC(O)COc1ncc(-c2ccccc2)cn1. The van der Waals surface area contributed by atoms with Crippen molar-refractivity contribution in [2.45, 2.75) is 26.0 Å². The maximum atomic E-state index is 9.75. The van der Waals surface area contributed by atoms with E-state index < -0.39 is 6.10 Å². The van der Waals surface area contributed by atoms with E-state index >= 15 is 0 Å². The largest absolute Gasteiger partial charge is 0.461 e. The molecule has 0 spiro atoms. The van der Waals surface area contributed by atoms with Crippen LogP contribution in [0.4, 0.5) is 0 Å². The fraction of sp³-hybridized carbons (Fsp3) is 0.375. The molecule has 0 amide bonds. The molecule has 1 aromatic heterocycles. The van der Waals surface area contributed by atoms with Gasteiger partial charge in [-0.2, -0.15) is 0 Å². The first kappa shape index (κ1) is 15.4. The minimum Gasteiger partial charge on any atom is -0.461 e. The lowest BCUT2D eigenvalue weighted by atomic mass is 10.1. The number of hydrogen-bond donors (Lipinski definition) is 2. The molecule has 1 atom stereocenters. The molecule has 1 aromatic carbocycles. The third-order valence-corrected chi connectivity index (χ3v) is 2.90. The summed E-state index contributed by atoms with van der Waals surface area (Å²) >= 11 is 0. The van der Waals surface area contributed by atoms with Crippen LogP contribution in [0.15, 0.2) is 42.7 Å². The van der Waals surface area contributed by atoms with Crippen molar-refractivity contribution < 1.29 is 9.84 Å². The van der Waals surface area contributed by atoms with Crippen LogP contribution in [0.2, 0.25) is 0 Å². The van der Waals surface area contributed by atoms with Gasteiger partial charge in [-0.05, 0) is 5.56 Å². The topological polar surface area (TPSA) is 67.3 Å². The molecule has 1 heterocycles. The summed E-state index contributed by atoms with van der Waals surface area (Å²) in [6.07, 6.45) is 2.86. The van der Waals surface area contributed by atoms with Crippen LogP contribution in [0.3, 0.4) is 0 Å². The smallest absolute Gasteiger partial charge is 0.316 e. The second-order valence-corrected chi connectivity index (χ2v) is 5.15. The number of benzene rings is 1. The van der Waals surface area contributed by atoms with E-state index in [4.69, 9.17) is 4.74 Å². The Morgan fingerprint density at radius 3 is 2.38 bits per heavy atom. The van der Waals surface area contributed by atoms with Crippen LogP contribution in [0, 0.1) is 0 Å². The molecule has 0 radical (unpaired) electrons. The van der Waals surface area contributed by atoms with Gasteiger partial charge in [-0.15, -0.1) is 0 Å². The van der Waals surface area contributed by atoms with Crippen LogP contribution < -0.4 is 10.1 Å². The zero-order chi connectivity index (χ0) is 15.1. The maximum absolute atomic E-state index is 9.75. The molecule has 112 valence electrons. The summed E-state index contributed by atoms with van der Waals surface area (Å²) in [5, 5.41) is 12.9. The molecular weight excluding hydrogens is 266 g/mol. The molecule has 21 heavy (non-hydrogen) atoms. The second kappa shape index (κ2) is 7.71. The van der Waals surface area contributed by atoms with Crippen molar-refractivity contribution in [3.63, 3.8) is 0 Å². The van der Waals surface area contributed by atoms with Crippen LogP contribution in [-0.2, 0) is 0 Å². The predicted octanol–water partition coefficient (Wildman–Crippen LogP) is 1.88. The van der Waals surface area contributed by atoms with Crippen molar-refractivity contribution in [1.82, 2.24) is 15.3 Å². The molecule has 2 aromatic rings. The molecule has 0 saturated heterocycles. The van der Waals surface area contributed by atoms with Gasteiger partial charge in [0.15, 0.2) is 0 Å². The number of ether oxygens (including phenoxy) is 1. The van der Waals surface area contributed by atoms with E-state index in [1.807, 2.05) is 44.2 Å². The molecule has 2 N–H and O–H groups in total. The molecular formula is C16H21N3O2. The Morgan fingerprint density at radius 1 is 1.10 bits per heavy atom. The van der Waals surface area contributed by atoms with E-state index in [9.17, 15) is 5.11 Å². The van der Waals surface area contributed by atoms with Gasteiger partial charge in [-0.3, -0.25) is 0 Å². The van der Waals surface area contributed by atoms with Gasteiger partial charge in [-0.25, -0.2) is 9.97 Å². The van der Waals surface area contributed by atoms with Crippen LogP contribution in [0.5, 0.6) is 6.01 Å². The number of aromatic nitrogens is 2. The van der Waals surface area contributed by atoms with Gasteiger partial charge in [0.1, 0.15) is 12.7 Å². The fourth-order valence-electron chi connectivity index (χ4n) is 1.77. The number of hydrogen-bond acceptors (Lipinski definition) is 5. The third kappa shape index (κ3) is 5.13. The number of rotatable bonds is 7. The van der Waals surface area contributed by atoms with Gasteiger partial charge in [-0.1, -0.05) is 44.2 Å². The predicted molar refractivity (Wildman–Crippen MR) is 82.1 cm³/mol. The van der Waals surface area contributed by atoms with Crippen molar-refractivity contribution in [1.29, 1.82) is 0 Å². The van der Waals surface area contributed by atoms with E-state index in [1.54, 1.807) is 12.4 Å². The van der Waals surface area contributed by atoms with E-state index in [0.29, 0.717) is 12.6 Å². The number of aliphatic hydroxyl groups excluding tert-OH is 1. The summed E-state index contributed by atoms with van der Waals surface area (Å²) in [6, 6.07) is 10.5. The summed E-state index contributed by atoms with van der Waals surface area (Å²) in [7, 11) is 0. The summed E-state index contributed by atoms with van der Waals surface area (Å²) in [5.74, 6) is 0. The molecule has 0 fully saturated rings. The number of aliphatic hydroxyl groups is 1. The lowest BCUT2D eigenvalue weighted by molar-refractivity contribution is 0.0993.